The van der Waals surface area contributed by atoms with Crippen molar-refractivity contribution in [3.63, 3.8) is 0 Å². The second kappa shape index (κ2) is 3.02. The first-order valence-corrected chi connectivity index (χ1v) is 4.00. The molecule has 2 nitrogen and oxygen atoms in total. The first kappa shape index (κ1) is 9.47. The van der Waals surface area contributed by atoms with E-state index in [1.54, 1.807) is 0 Å². The van der Waals surface area contributed by atoms with Crippen molar-refractivity contribution in [2.75, 3.05) is 0 Å². The van der Waals surface area contributed by atoms with E-state index in [2.05, 4.69) is 4.98 Å². The lowest BCUT2D eigenvalue weighted by molar-refractivity contribution is -0.140. The molecule has 0 radical (unpaired) electrons. The minimum absolute atomic E-state index is 0.0855. The first-order chi connectivity index (χ1) is 5.41. The van der Waals surface area contributed by atoms with Crippen molar-refractivity contribution in [2.45, 2.75) is 19.2 Å². The number of aromatic nitrogens is 1. The molecule has 1 atom stereocenters. The van der Waals surface area contributed by atoms with Gasteiger partial charge in [-0.25, -0.2) is 4.98 Å². The average molecular weight is 197 g/mol. The second-order valence-corrected chi connectivity index (χ2v) is 3.13. The zero-order valence-corrected chi connectivity index (χ0v) is 6.91. The lowest BCUT2D eigenvalue weighted by atomic mass is 10.4. The van der Waals surface area contributed by atoms with Crippen LogP contribution >= 0.6 is 11.3 Å². The maximum Gasteiger partial charge on any atom is 0.434 e. The fourth-order valence-corrected chi connectivity index (χ4v) is 1.38. The third-order valence-electron chi connectivity index (χ3n) is 1.17. The van der Waals surface area contributed by atoms with Crippen LogP contribution in [0.2, 0.25) is 0 Å². The molecule has 1 unspecified atom stereocenters. The standard InChI is InChI=1S/C6H6F3NOS/c1-3(11)5-10-4(2-12-5)6(7,8)9/h2-3,11H,1H3. The van der Waals surface area contributed by atoms with Gasteiger partial charge in [0.2, 0.25) is 0 Å². The molecule has 0 bridgehead atoms. The van der Waals surface area contributed by atoms with E-state index in [1.807, 2.05) is 0 Å². The van der Waals surface area contributed by atoms with E-state index < -0.39 is 18.0 Å². The largest absolute Gasteiger partial charge is 0.434 e. The molecule has 1 heterocycles. The van der Waals surface area contributed by atoms with Gasteiger partial charge < -0.3 is 5.11 Å². The Bertz CT molecular complexity index is 268. The van der Waals surface area contributed by atoms with Crippen molar-refractivity contribution < 1.29 is 18.3 Å². The quantitative estimate of drug-likeness (QED) is 0.748. The Morgan fingerprint density at radius 1 is 1.58 bits per heavy atom. The van der Waals surface area contributed by atoms with Gasteiger partial charge in [0.1, 0.15) is 11.1 Å². The predicted molar refractivity (Wildman–Crippen MR) is 37.7 cm³/mol. The Hall–Kier alpha value is -0.620. The van der Waals surface area contributed by atoms with Gasteiger partial charge in [0, 0.05) is 5.38 Å². The number of rotatable bonds is 1. The number of aliphatic hydroxyl groups is 1. The molecular weight excluding hydrogens is 191 g/mol. The summed E-state index contributed by atoms with van der Waals surface area (Å²) in [5, 5.41) is 9.86. The number of nitrogens with zero attached hydrogens (tertiary/aromatic N) is 1. The van der Waals surface area contributed by atoms with E-state index >= 15 is 0 Å². The van der Waals surface area contributed by atoms with Crippen LogP contribution in [-0.2, 0) is 6.18 Å². The van der Waals surface area contributed by atoms with Gasteiger partial charge in [0.15, 0.2) is 5.69 Å². The molecular formula is C6H6F3NOS. The van der Waals surface area contributed by atoms with Crippen molar-refractivity contribution in [3.05, 3.63) is 16.1 Å². The van der Waals surface area contributed by atoms with Crippen LogP contribution in [0, 0.1) is 0 Å². The monoisotopic (exact) mass is 197 g/mol. The topological polar surface area (TPSA) is 33.1 Å². The van der Waals surface area contributed by atoms with Gasteiger partial charge in [-0.05, 0) is 6.92 Å². The van der Waals surface area contributed by atoms with Gasteiger partial charge in [0.25, 0.3) is 0 Å². The number of aliphatic hydroxyl groups excluding tert-OH is 1. The van der Waals surface area contributed by atoms with Gasteiger partial charge in [-0.1, -0.05) is 0 Å². The zero-order chi connectivity index (χ0) is 9.35. The smallest absolute Gasteiger partial charge is 0.386 e. The highest BCUT2D eigenvalue weighted by Gasteiger charge is 2.33. The fraction of sp³-hybridized carbons (Fsp3) is 0.500. The molecule has 6 heteroatoms. The number of thiazole rings is 1. The lowest BCUT2D eigenvalue weighted by Gasteiger charge is -2.00. The number of alkyl halides is 3. The van der Waals surface area contributed by atoms with Crippen LogP contribution in [0.25, 0.3) is 0 Å². The first-order valence-electron chi connectivity index (χ1n) is 3.12. The van der Waals surface area contributed by atoms with Crippen LogP contribution < -0.4 is 0 Å². The van der Waals surface area contributed by atoms with Gasteiger partial charge in [-0.15, -0.1) is 11.3 Å². The number of hydrogen-bond donors (Lipinski definition) is 1. The molecule has 0 fully saturated rings. The highest BCUT2D eigenvalue weighted by atomic mass is 32.1. The second-order valence-electron chi connectivity index (χ2n) is 2.24. The van der Waals surface area contributed by atoms with Crippen LogP contribution in [0.15, 0.2) is 5.38 Å². The zero-order valence-electron chi connectivity index (χ0n) is 6.09. The Balaban J connectivity index is 2.92. The van der Waals surface area contributed by atoms with E-state index in [9.17, 15) is 13.2 Å². The summed E-state index contributed by atoms with van der Waals surface area (Å²) in [6, 6.07) is 0. The molecule has 0 aliphatic carbocycles. The maximum absolute atomic E-state index is 11.9. The lowest BCUT2D eigenvalue weighted by Crippen LogP contribution is -2.05. The van der Waals surface area contributed by atoms with Gasteiger partial charge >= 0.3 is 6.18 Å². The summed E-state index contributed by atoms with van der Waals surface area (Å²) in [6.45, 7) is 1.37. The Morgan fingerprint density at radius 3 is 2.42 bits per heavy atom. The van der Waals surface area contributed by atoms with E-state index in [1.165, 1.54) is 6.92 Å². The Labute approximate surface area is 70.7 Å². The van der Waals surface area contributed by atoms with Gasteiger partial charge in [-0.3, -0.25) is 0 Å². The molecule has 1 N–H and O–H groups in total. The summed E-state index contributed by atoms with van der Waals surface area (Å²) in [5.41, 5.74) is -0.941. The van der Waals surface area contributed by atoms with Gasteiger partial charge in [0.05, 0.1) is 0 Å². The summed E-state index contributed by atoms with van der Waals surface area (Å²) in [4.78, 5) is 3.22. The third-order valence-corrected chi connectivity index (χ3v) is 2.18. The molecule has 0 amide bonds. The van der Waals surface area contributed by atoms with Crippen LogP contribution in [0.4, 0.5) is 13.2 Å². The summed E-state index contributed by atoms with van der Waals surface area (Å²) in [6.07, 6.45) is -5.35. The molecule has 68 valence electrons. The van der Waals surface area contributed by atoms with Crippen molar-refractivity contribution in [1.82, 2.24) is 4.98 Å². The van der Waals surface area contributed by atoms with E-state index in [4.69, 9.17) is 5.11 Å². The molecule has 0 aromatic carbocycles. The molecule has 12 heavy (non-hydrogen) atoms. The summed E-state index contributed by atoms with van der Waals surface area (Å²) < 4.78 is 35.8. The molecule has 0 aliphatic rings. The molecule has 0 spiro atoms. The van der Waals surface area contributed by atoms with Crippen molar-refractivity contribution >= 4 is 11.3 Å². The van der Waals surface area contributed by atoms with Gasteiger partial charge in [-0.2, -0.15) is 13.2 Å². The van der Waals surface area contributed by atoms with Crippen LogP contribution in [-0.4, -0.2) is 10.1 Å². The number of halogens is 3. The van der Waals surface area contributed by atoms with E-state index in [-0.39, 0.29) is 5.01 Å². The molecule has 0 saturated carbocycles. The summed E-state index contributed by atoms with van der Waals surface area (Å²) in [5.74, 6) is 0. The molecule has 1 rings (SSSR count). The predicted octanol–water partition coefficient (Wildman–Crippen LogP) is 2.22. The summed E-state index contributed by atoms with van der Waals surface area (Å²) >= 11 is 0.803. The Kier molecular flexibility index (Phi) is 2.39. The van der Waals surface area contributed by atoms with Crippen LogP contribution in [0.5, 0.6) is 0 Å². The molecule has 0 saturated heterocycles. The Morgan fingerprint density at radius 2 is 2.17 bits per heavy atom. The van der Waals surface area contributed by atoms with E-state index in [0.717, 1.165) is 16.7 Å². The van der Waals surface area contributed by atoms with E-state index in [0.29, 0.717) is 0 Å². The van der Waals surface area contributed by atoms with Crippen molar-refractivity contribution in [2.24, 2.45) is 0 Å². The highest BCUT2D eigenvalue weighted by molar-refractivity contribution is 7.09. The minimum atomic E-state index is -4.41. The fourth-order valence-electron chi connectivity index (χ4n) is 0.610. The number of hydrogen-bond acceptors (Lipinski definition) is 3. The molecule has 1 aromatic heterocycles. The SMILES string of the molecule is CC(O)c1nc(C(F)(F)F)cs1. The third kappa shape index (κ3) is 1.95. The normalized spacial score (nSPS) is 14.8. The molecule has 0 aliphatic heterocycles. The summed E-state index contributed by atoms with van der Waals surface area (Å²) in [7, 11) is 0. The van der Waals surface area contributed by atoms with Crippen molar-refractivity contribution in [3.8, 4) is 0 Å². The highest BCUT2D eigenvalue weighted by Crippen LogP contribution is 2.31. The van der Waals surface area contributed by atoms with Crippen LogP contribution in [0.1, 0.15) is 23.7 Å². The minimum Gasteiger partial charge on any atom is -0.386 e. The van der Waals surface area contributed by atoms with Crippen LogP contribution in [0.3, 0.4) is 0 Å². The molecule has 1 aromatic rings. The maximum atomic E-state index is 11.9. The average Bonchev–Trinajstić information content (AvgIpc) is 2.30. The van der Waals surface area contributed by atoms with Crippen molar-refractivity contribution in [1.29, 1.82) is 0 Å².